The van der Waals surface area contributed by atoms with Crippen molar-refractivity contribution in [1.82, 2.24) is 5.32 Å². The van der Waals surface area contributed by atoms with Gasteiger partial charge < -0.3 is 11.1 Å². The van der Waals surface area contributed by atoms with Crippen molar-refractivity contribution >= 4 is 5.91 Å². The smallest absolute Gasteiger partial charge is 0.246 e. The van der Waals surface area contributed by atoms with Crippen LogP contribution in [0.2, 0.25) is 0 Å². The lowest BCUT2D eigenvalue weighted by atomic mass is 9.91. The Morgan fingerprint density at radius 3 is 2.43 bits per heavy atom. The van der Waals surface area contributed by atoms with Gasteiger partial charge >= 0.3 is 0 Å². The third kappa shape index (κ3) is 3.14. The molecule has 3 nitrogen and oxygen atoms in total. The normalized spacial score (nSPS) is 28.6. The highest BCUT2D eigenvalue weighted by atomic mass is 16.1. The lowest BCUT2D eigenvalue weighted by Gasteiger charge is -2.26. The van der Waals surface area contributed by atoms with E-state index in [4.69, 9.17) is 5.73 Å². The molecule has 0 heterocycles. The molecule has 3 N–H and O–H groups in total. The van der Waals surface area contributed by atoms with Gasteiger partial charge in [0.2, 0.25) is 5.91 Å². The second kappa shape index (κ2) is 5.15. The summed E-state index contributed by atoms with van der Waals surface area (Å²) in [6.07, 6.45) is 5.93. The van der Waals surface area contributed by atoms with E-state index in [1.54, 1.807) is 0 Å². The minimum atomic E-state index is 0.0629. The van der Waals surface area contributed by atoms with Gasteiger partial charge in [-0.3, -0.25) is 4.79 Å². The molecule has 0 aliphatic heterocycles. The van der Waals surface area contributed by atoms with E-state index in [0.29, 0.717) is 12.1 Å². The van der Waals surface area contributed by atoms with Crippen molar-refractivity contribution < 1.29 is 4.79 Å². The molecule has 1 aliphatic rings. The van der Waals surface area contributed by atoms with Crippen molar-refractivity contribution in [2.75, 3.05) is 0 Å². The maximum absolute atomic E-state index is 11.5. The molecule has 0 aromatic carbocycles. The summed E-state index contributed by atoms with van der Waals surface area (Å²) >= 11 is 0. The minimum Gasteiger partial charge on any atom is -0.350 e. The predicted octanol–water partition coefficient (Wildman–Crippen LogP) is 1.34. The molecule has 1 fully saturated rings. The average molecular weight is 196 g/mol. The summed E-state index contributed by atoms with van der Waals surface area (Å²) in [6.45, 7) is 3.72. The number of nitrogens with one attached hydrogen (secondary N) is 1. The summed E-state index contributed by atoms with van der Waals surface area (Å²) < 4.78 is 0. The zero-order valence-electron chi connectivity index (χ0n) is 9.05. The largest absolute Gasteiger partial charge is 0.350 e. The van der Waals surface area contributed by atoms with Crippen LogP contribution < -0.4 is 11.1 Å². The molecule has 1 aliphatic carbocycles. The van der Waals surface area contributed by atoms with Crippen LogP contribution in [0.5, 0.6) is 0 Å². The van der Waals surface area contributed by atoms with Crippen LogP contribution in [0.4, 0.5) is 0 Å². The van der Waals surface area contributed by atoms with Gasteiger partial charge in [-0.1, -0.05) is 6.08 Å². The maximum Gasteiger partial charge on any atom is 0.246 e. The second-order valence-corrected chi connectivity index (χ2v) is 4.06. The lowest BCUT2D eigenvalue weighted by Crippen LogP contribution is -2.40. The zero-order chi connectivity index (χ0) is 10.6. The lowest BCUT2D eigenvalue weighted by molar-refractivity contribution is -0.118. The van der Waals surface area contributed by atoms with Gasteiger partial charge in [0.1, 0.15) is 0 Å². The summed E-state index contributed by atoms with van der Waals surface area (Å²) in [6, 6.07) is 0.670. The number of hydrogen-bond acceptors (Lipinski definition) is 2. The van der Waals surface area contributed by atoms with Gasteiger partial charge in [-0.25, -0.2) is 0 Å². The summed E-state index contributed by atoms with van der Waals surface area (Å²) in [5.74, 6) is 0.0629. The van der Waals surface area contributed by atoms with Gasteiger partial charge in [0.15, 0.2) is 0 Å². The Bertz CT molecular complexity index is 227. The highest BCUT2D eigenvalue weighted by Crippen LogP contribution is 2.17. The highest BCUT2D eigenvalue weighted by Gasteiger charge is 2.19. The van der Waals surface area contributed by atoms with Gasteiger partial charge in [0.05, 0.1) is 0 Å². The Morgan fingerprint density at radius 2 is 1.93 bits per heavy atom. The third-order valence-corrected chi connectivity index (χ3v) is 2.90. The second-order valence-electron chi connectivity index (χ2n) is 4.06. The topological polar surface area (TPSA) is 55.1 Å². The molecule has 0 bridgehead atoms. The first-order chi connectivity index (χ1) is 6.63. The predicted molar refractivity (Wildman–Crippen MR) is 57.8 cm³/mol. The van der Waals surface area contributed by atoms with Crippen LogP contribution in [0, 0.1) is 0 Å². The first-order valence-electron chi connectivity index (χ1n) is 5.33. The summed E-state index contributed by atoms with van der Waals surface area (Å²) in [5.41, 5.74) is 6.58. The maximum atomic E-state index is 11.5. The van der Waals surface area contributed by atoms with Gasteiger partial charge in [0, 0.05) is 17.7 Å². The number of rotatable bonds is 2. The molecule has 1 saturated carbocycles. The Labute approximate surface area is 85.7 Å². The molecule has 0 unspecified atom stereocenters. The minimum absolute atomic E-state index is 0.0629. The monoisotopic (exact) mass is 196 g/mol. The number of carbonyl (C=O) groups is 1. The van der Waals surface area contributed by atoms with Crippen molar-refractivity contribution in [2.24, 2.45) is 5.73 Å². The number of carbonyl (C=O) groups excluding carboxylic acids is 1. The molecule has 80 valence electrons. The summed E-state index contributed by atoms with van der Waals surface area (Å²) in [4.78, 5) is 11.5. The van der Waals surface area contributed by atoms with Gasteiger partial charge in [-0.05, 0) is 39.5 Å². The Balaban J connectivity index is 2.35. The molecule has 0 spiro atoms. The van der Waals surface area contributed by atoms with Gasteiger partial charge in [0.25, 0.3) is 0 Å². The molecule has 0 atom stereocenters. The van der Waals surface area contributed by atoms with Crippen molar-refractivity contribution in [3.05, 3.63) is 11.6 Å². The number of nitrogens with two attached hydrogens (primary N) is 1. The SMILES string of the molecule is C/C=C(/C)C(=O)NC1CCC(N)CC1. The van der Waals surface area contributed by atoms with Crippen molar-refractivity contribution in [2.45, 2.75) is 51.6 Å². The van der Waals surface area contributed by atoms with Crippen molar-refractivity contribution in [3.8, 4) is 0 Å². The first-order valence-corrected chi connectivity index (χ1v) is 5.33. The molecular weight excluding hydrogens is 176 g/mol. The van der Waals surface area contributed by atoms with Crippen molar-refractivity contribution in [1.29, 1.82) is 0 Å². The standard InChI is InChI=1S/C11H20N2O/c1-3-8(2)11(14)13-10-6-4-9(12)5-7-10/h3,9-10H,4-7,12H2,1-2H3,(H,13,14)/b8-3-. The molecular formula is C11H20N2O. The van der Waals surface area contributed by atoms with Crippen LogP contribution in [0.3, 0.4) is 0 Å². The molecule has 0 aromatic heterocycles. The highest BCUT2D eigenvalue weighted by molar-refractivity contribution is 5.92. The fourth-order valence-electron chi connectivity index (χ4n) is 1.69. The first kappa shape index (κ1) is 11.2. The van der Waals surface area contributed by atoms with E-state index in [1.807, 2.05) is 19.9 Å². The third-order valence-electron chi connectivity index (χ3n) is 2.90. The van der Waals surface area contributed by atoms with E-state index < -0.39 is 0 Å². The Kier molecular flexibility index (Phi) is 4.14. The van der Waals surface area contributed by atoms with Gasteiger partial charge in [-0.2, -0.15) is 0 Å². The van der Waals surface area contributed by atoms with E-state index in [2.05, 4.69) is 5.32 Å². The zero-order valence-corrected chi connectivity index (χ0v) is 9.05. The van der Waals surface area contributed by atoms with Crippen LogP contribution >= 0.6 is 0 Å². The Morgan fingerprint density at radius 1 is 1.36 bits per heavy atom. The van der Waals surface area contributed by atoms with Gasteiger partial charge in [-0.15, -0.1) is 0 Å². The van der Waals surface area contributed by atoms with Crippen LogP contribution in [-0.4, -0.2) is 18.0 Å². The van der Waals surface area contributed by atoms with Crippen LogP contribution in [0.1, 0.15) is 39.5 Å². The number of amides is 1. The summed E-state index contributed by atoms with van der Waals surface area (Å²) in [7, 11) is 0. The van der Waals surface area contributed by atoms with E-state index in [9.17, 15) is 4.79 Å². The quantitative estimate of drug-likeness (QED) is 0.655. The molecule has 1 rings (SSSR count). The molecule has 14 heavy (non-hydrogen) atoms. The number of allylic oxidation sites excluding steroid dienone is 1. The number of hydrogen-bond donors (Lipinski definition) is 2. The molecule has 0 aromatic rings. The molecule has 1 amide bonds. The molecule has 3 heteroatoms. The van der Waals surface area contributed by atoms with Crippen molar-refractivity contribution in [3.63, 3.8) is 0 Å². The fraction of sp³-hybridized carbons (Fsp3) is 0.727. The van der Waals surface area contributed by atoms with E-state index in [1.165, 1.54) is 0 Å². The van der Waals surface area contributed by atoms with Crippen LogP contribution in [-0.2, 0) is 4.79 Å². The van der Waals surface area contributed by atoms with E-state index in [-0.39, 0.29) is 5.91 Å². The van der Waals surface area contributed by atoms with Crippen LogP contribution in [0.15, 0.2) is 11.6 Å². The molecule has 0 radical (unpaired) electrons. The van der Waals surface area contributed by atoms with Crippen LogP contribution in [0.25, 0.3) is 0 Å². The Hall–Kier alpha value is -0.830. The fourth-order valence-corrected chi connectivity index (χ4v) is 1.69. The van der Waals surface area contributed by atoms with E-state index in [0.717, 1.165) is 31.3 Å². The average Bonchev–Trinajstić information content (AvgIpc) is 2.20. The molecule has 0 saturated heterocycles. The van der Waals surface area contributed by atoms with E-state index >= 15 is 0 Å². The summed E-state index contributed by atoms with van der Waals surface area (Å²) in [5, 5.41) is 3.03.